The van der Waals surface area contributed by atoms with E-state index in [4.69, 9.17) is 10.3 Å². The van der Waals surface area contributed by atoms with Crippen LogP contribution < -0.4 is 5.73 Å². The number of nitrogens with zero attached hydrogens (tertiary/aromatic N) is 1. The molecule has 0 bridgehead atoms. The SMILES string of the molecule is CC(C)Cc1ccc(C2CCc3c(noc3N)C2)cc1. The zero-order chi connectivity index (χ0) is 14.1. The molecule has 0 saturated carbocycles. The first-order valence-corrected chi connectivity index (χ1v) is 7.45. The molecule has 1 atom stereocenters. The molecular formula is C17H22N2O. The van der Waals surface area contributed by atoms with Crippen molar-refractivity contribution >= 4 is 5.88 Å². The molecule has 106 valence electrons. The van der Waals surface area contributed by atoms with Gasteiger partial charge in [-0.25, -0.2) is 0 Å². The number of rotatable bonds is 3. The van der Waals surface area contributed by atoms with Gasteiger partial charge in [-0.15, -0.1) is 0 Å². The summed E-state index contributed by atoms with van der Waals surface area (Å²) in [6, 6.07) is 9.08. The van der Waals surface area contributed by atoms with Gasteiger partial charge >= 0.3 is 0 Å². The van der Waals surface area contributed by atoms with E-state index in [9.17, 15) is 0 Å². The van der Waals surface area contributed by atoms with Crippen molar-refractivity contribution < 1.29 is 4.52 Å². The number of anilines is 1. The largest absolute Gasteiger partial charge is 0.367 e. The van der Waals surface area contributed by atoms with Crippen molar-refractivity contribution in [2.24, 2.45) is 5.92 Å². The van der Waals surface area contributed by atoms with E-state index in [1.54, 1.807) is 0 Å². The predicted molar refractivity (Wildman–Crippen MR) is 80.7 cm³/mol. The summed E-state index contributed by atoms with van der Waals surface area (Å²) in [5.74, 6) is 1.75. The predicted octanol–water partition coefficient (Wildman–Crippen LogP) is 3.73. The summed E-state index contributed by atoms with van der Waals surface area (Å²) in [5.41, 5.74) is 10.8. The number of fused-ring (bicyclic) bond motifs is 1. The van der Waals surface area contributed by atoms with Crippen molar-refractivity contribution in [3.05, 3.63) is 46.6 Å². The number of nitrogens with two attached hydrogens (primary N) is 1. The highest BCUT2D eigenvalue weighted by Crippen LogP contribution is 2.34. The van der Waals surface area contributed by atoms with Crippen LogP contribution in [0.1, 0.15) is 48.6 Å². The lowest BCUT2D eigenvalue weighted by Gasteiger charge is -2.21. The van der Waals surface area contributed by atoms with E-state index < -0.39 is 0 Å². The summed E-state index contributed by atoms with van der Waals surface area (Å²) in [6.45, 7) is 4.51. The van der Waals surface area contributed by atoms with Crippen LogP contribution in [0.25, 0.3) is 0 Å². The van der Waals surface area contributed by atoms with E-state index in [0.717, 1.165) is 36.9 Å². The van der Waals surface area contributed by atoms with Crippen molar-refractivity contribution in [2.75, 3.05) is 5.73 Å². The zero-order valence-corrected chi connectivity index (χ0v) is 12.2. The van der Waals surface area contributed by atoms with E-state index in [1.165, 1.54) is 11.1 Å². The molecule has 1 aliphatic carbocycles. The monoisotopic (exact) mass is 270 g/mol. The van der Waals surface area contributed by atoms with E-state index in [-0.39, 0.29) is 0 Å². The average Bonchev–Trinajstić information content (AvgIpc) is 2.80. The van der Waals surface area contributed by atoms with E-state index in [0.29, 0.717) is 17.7 Å². The Morgan fingerprint density at radius 3 is 2.75 bits per heavy atom. The molecule has 1 aromatic carbocycles. The molecule has 1 heterocycles. The fraction of sp³-hybridized carbons (Fsp3) is 0.471. The molecule has 2 aromatic rings. The highest BCUT2D eigenvalue weighted by molar-refractivity contribution is 5.42. The van der Waals surface area contributed by atoms with Gasteiger partial charge in [0.25, 0.3) is 0 Å². The maximum absolute atomic E-state index is 5.78. The minimum absolute atomic E-state index is 0.505. The summed E-state index contributed by atoms with van der Waals surface area (Å²) >= 11 is 0. The third-order valence-electron chi connectivity index (χ3n) is 4.18. The number of hydrogen-bond donors (Lipinski definition) is 1. The Kier molecular flexibility index (Phi) is 3.51. The first kappa shape index (κ1) is 13.2. The maximum Gasteiger partial charge on any atom is 0.225 e. The molecule has 1 aromatic heterocycles. The van der Waals surface area contributed by atoms with Crippen LogP contribution in [0.3, 0.4) is 0 Å². The average molecular weight is 270 g/mol. The van der Waals surface area contributed by atoms with E-state index in [2.05, 4.69) is 43.3 Å². The van der Waals surface area contributed by atoms with Gasteiger partial charge in [0.1, 0.15) is 0 Å². The lowest BCUT2D eigenvalue weighted by molar-refractivity contribution is 0.424. The molecule has 1 aliphatic rings. The molecule has 3 nitrogen and oxygen atoms in total. The zero-order valence-electron chi connectivity index (χ0n) is 12.2. The second-order valence-corrected chi connectivity index (χ2v) is 6.25. The Labute approximate surface area is 120 Å². The third kappa shape index (κ3) is 2.58. The molecule has 20 heavy (non-hydrogen) atoms. The smallest absolute Gasteiger partial charge is 0.225 e. The summed E-state index contributed by atoms with van der Waals surface area (Å²) in [5, 5.41) is 4.09. The minimum atomic E-state index is 0.505. The van der Waals surface area contributed by atoms with Crippen molar-refractivity contribution in [3.63, 3.8) is 0 Å². The van der Waals surface area contributed by atoms with E-state index >= 15 is 0 Å². The molecule has 1 unspecified atom stereocenters. The molecule has 2 N–H and O–H groups in total. The van der Waals surface area contributed by atoms with Crippen LogP contribution in [0.15, 0.2) is 28.8 Å². The molecule has 0 radical (unpaired) electrons. The molecular weight excluding hydrogens is 248 g/mol. The Hall–Kier alpha value is -1.77. The summed E-state index contributed by atoms with van der Waals surface area (Å²) in [4.78, 5) is 0. The van der Waals surface area contributed by atoms with Gasteiger partial charge in [0, 0.05) is 12.0 Å². The van der Waals surface area contributed by atoms with Crippen LogP contribution in [0, 0.1) is 5.92 Å². The van der Waals surface area contributed by atoms with Crippen molar-refractivity contribution in [1.29, 1.82) is 0 Å². The Morgan fingerprint density at radius 1 is 1.30 bits per heavy atom. The Morgan fingerprint density at radius 2 is 2.05 bits per heavy atom. The van der Waals surface area contributed by atoms with Crippen LogP contribution in [0.2, 0.25) is 0 Å². The van der Waals surface area contributed by atoms with Gasteiger partial charge in [0.05, 0.1) is 5.69 Å². The highest BCUT2D eigenvalue weighted by atomic mass is 16.5. The van der Waals surface area contributed by atoms with Crippen molar-refractivity contribution in [3.8, 4) is 0 Å². The van der Waals surface area contributed by atoms with Gasteiger partial charge in [-0.2, -0.15) is 0 Å². The molecule has 0 saturated heterocycles. The molecule has 3 rings (SSSR count). The summed E-state index contributed by atoms with van der Waals surface area (Å²) < 4.78 is 5.09. The second-order valence-electron chi connectivity index (χ2n) is 6.25. The topological polar surface area (TPSA) is 52.0 Å². The van der Waals surface area contributed by atoms with Gasteiger partial charge in [-0.1, -0.05) is 43.3 Å². The van der Waals surface area contributed by atoms with Crippen molar-refractivity contribution in [2.45, 2.75) is 45.4 Å². The van der Waals surface area contributed by atoms with E-state index in [1.807, 2.05) is 0 Å². The van der Waals surface area contributed by atoms with Crippen molar-refractivity contribution in [1.82, 2.24) is 5.16 Å². The molecule has 0 amide bonds. The molecule has 0 spiro atoms. The minimum Gasteiger partial charge on any atom is -0.367 e. The molecule has 3 heteroatoms. The van der Waals surface area contributed by atoms with Crippen LogP contribution in [-0.2, 0) is 19.3 Å². The van der Waals surface area contributed by atoms with Gasteiger partial charge in [0.15, 0.2) is 0 Å². The standard InChI is InChI=1S/C17H22N2O/c1-11(2)9-12-3-5-13(6-4-12)14-7-8-15-16(10-14)19-20-17(15)18/h3-6,11,14H,7-10,18H2,1-2H3. The summed E-state index contributed by atoms with van der Waals surface area (Å²) in [6.07, 6.45) is 4.19. The van der Waals surface area contributed by atoms with Crippen LogP contribution in [0.4, 0.5) is 5.88 Å². The lowest BCUT2D eigenvalue weighted by atomic mass is 9.82. The number of aromatic nitrogens is 1. The summed E-state index contributed by atoms with van der Waals surface area (Å²) in [7, 11) is 0. The number of benzene rings is 1. The fourth-order valence-corrected chi connectivity index (χ4v) is 3.12. The van der Waals surface area contributed by atoms with Crippen LogP contribution >= 0.6 is 0 Å². The molecule has 0 fully saturated rings. The first-order chi connectivity index (χ1) is 9.63. The van der Waals surface area contributed by atoms with Crippen LogP contribution in [0.5, 0.6) is 0 Å². The third-order valence-corrected chi connectivity index (χ3v) is 4.18. The second kappa shape index (κ2) is 5.31. The number of nitrogen functional groups attached to an aromatic ring is 1. The first-order valence-electron chi connectivity index (χ1n) is 7.45. The normalized spacial score (nSPS) is 18.2. The van der Waals surface area contributed by atoms with Gasteiger partial charge in [-0.3, -0.25) is 0 Å². The fourth-order valence-electron chi connectivity index (χ4n) is 3.12. The quantitative estimate of drug-likeness (QED) is 0.924. The highest BCUT2D eigenvalue weighted by Gasteiger charge is 2.25. The van der Waals surface area contributed by atoms with Gasteiger partial charge in [0.2, 0.25) is 5.88 Å². The van der Waals surface area contributed by atoms with Crippen LogP contribution in [-0.4, -0.2) is 5.16 Å². The van der Waals surface area contributed by atoms with Gasteiger partial charge in [-0.05, 0) is 42.2 Å². The molecule has 0 aliphatic heterocycles. The maximum atomic E-state index is 5.78. The Balaban J connectivity index is 1.74. The Bertz CT molecular complexity index is 584. The number of hydrogen-bond acceptors (Lipinski definition) is 3. The lowest BCUT2D eigenvalue weighted by Crippen LogP contribution is -2.13. The van der Waals surface area contributed by atoms with Gasteiger partial charge < -0.3 is 10.3 Å².